The molecule has 6 heteroatoms. The lowest BCUT2D eigenvalue weighted by molar-refractivity contribution is 0.294. The summed E-state index contributed by atoms with van der Waals surface area (Å²) in [5.74, 6) is 2.50. The third-order valence-electron chi connectivity index (χ3n) is 3.45. The quantitative estimate of drug-likeness (QED) is 0.672. The van der Waals surface area contributed by atoms with E-state index in [0.717, 1.165) is 22.9 Å². The number of aromatic nitrogens is 1. The number of thiazole rings is 1. The molecule has 4 nitrogen and oxygen atoms in total. The Labute approximate surface area is 139 Å². The molecule has 2 aromatic rings. The predicted octanol–water partition coefficient (Wildman–Crippen LogP) is 3.45. The molecule has 0 unspecified atom stereocenters. The molecule has 0 bridgehead atoms. The second-order valence-corrected chi connectivity index (χ2v) is 7.38. The van der Waals surface area contributed by atoms with Crippen molar-refractivity contribution < 1.29 is 0 Å². The highest BCUT2D eigenvalue weighted by Crippen LogP contribution is 2.15. The van der Waals surface area contributed by atoms with E-state index in [1.165, 1.54) is 30.2 Å². The third-order valence-corrected chi connectivity index (χ3v) is 5.26. The molecule has 0 radical (unpaired) electrons. The molecular formula is C16H20N4S2. The Hall–Kier alpha value is -1.37. The van der Waals surface area contributed by atoms with Gasteiger partial charge >= 0.3 is 0 Å². The standard InChI is InChI=1S/C16H20N4S2/c1-13-12-22-16(18-13)19-17-10-14-3-2-4-15(9-14)11-20-5-7-21-8-6-20/h2-4,9-10,12H,5-8,11H2,1H3,(H,18,19). The van der Waals surface area contributed by atoms with Crippen LogP contribution in [0.4, 0.5) is 5.13 Å². The minimum absolute atomic E-state index is 0.829. The number of nitrogens with zero attached hydrogens (tertiary/aromatic N) is 3. The average molecular weight is 332 g/mol. The van der Waals surface area contributed by atoms with E-state index < -0.39 is 0 Å². The fourth-order valence-corrected chi connectivity index (χ4v) is 3.97. The molecule has 1 saturated heterocycles. The molecule has 22 heavy (non-hydrogen) atoms. The minimum Gasteiger partial charge on any atom is -0.297 e. The number of aryl methyl sites for hydroxylation is 1. The second kappa shape index (κ2) is 7.76. The van der Waals surface area contributed by atoms with Gasteiger partial charge in [-0.15, -0.1) is 11.3 Å². The fourth-order valence-electron chi connectivity index (χ4n) is 2.36. The van der Waals surface area contributed by atoms with Crippen LogP contribution in [-0.4, -0.2) is 40.7 Å². The van der Waals surface area contributed by atoms with Crippen molar-refractivity contribution in [2.45, 2.75) is 13.5 Å². The smallest absolute Gasteiger partial charge is 0.203 e. The lowest BCUT2D eigenvalue weighted by Crippen LogP contribution is -2.31. The van der Waals surface area contributed by atoms with Gasteiger partial charge in [0.05, 0.1) is 11.9 Å². The number of rotatable bonds is 5. The van der Waals surface area contributed by atoms with Crippen LogP contribution in [0.15, 0.2) is 34.7 Å². The zero-order valence-electron chi connectivity index (χ0n) is 12.7. The van der Waals surface area contributed by atoms with Crippen molar-refractivity contribution in [2.24, 2.45) is 5.10 Å². The Morgan fingerprint density at radius 2 is 2.23 bits per heavy atom. The number of thioether (sulfide) groups is 1. The monoisotopic (exact) mass is 332 g/mol. The van der Waals surface area contributed by atoms with Gasteiger partial charge in [0.1, 0.15) is 0 Å². The highest BCUT2D eigenvalue weighted by Gasteiger charge is 2.10. The van der Waals surface area contributed by atoms with E-state index in [4.69, 9.17) is 0 Å². The molecule has 1 aromatic heterocycles. The number of hydrogen-bond acceptors (Lipinski definition) is 6. The summed E-state index contributed by atoms with van der Waals surface area (Å²) in [6, 6.07) is 8.58. The molecule has 0 spiro atoms. The zero-order valence-corrected chi connectivity index (χ0v) is 14.3. The van der Waals surface area contributed by atoms with Gasteiger partial charge in [-0.1, -0.05) is 18.2 Å². The summed E-state index contributed by atoms with van der Waals surface area (Å²) in [4.78, 5) is 6.84. The van der Waals surface area contributed by atoms with Gasteiger partial charge in [0.2, 0.25) is 5.13 Å². The molecule has 1 aromatic carbocycles. The first kappa shape index (κ1) is 15.5. The van der Waals surface area contributed by atoms with E-state index in [-0.39, 0.29) is 0 Å². The van der Waals surface area contributed by atoms with Gasteiger partial charge in [-0.25, -0.2) is 4.98 Å². The molecule has 2 heterocycles. The van der Waals surface area contributed by atoms with Crippen LogP contribution in [0.5, 0.6) is 0 Å². The Morgan fingerprint density at radius 3 is 3.00 bits per heavy atom. The van der Waals surface area contributed by atoms with Gasteiger partial charge in [-0.05, 0) is 24.1 Å². The molecule has 0 saturated carbocycles. The van der Waals surface area contributed by atoms with Crippen molar-refractivity contribution in [1.82, 2.24) is 9.88 Å². The maximum atomic E-state index is 4.32. The summed E-state index contributed by atoms with van der Waals surface area (Å²) in [5, 5.41) is 7.11. The molecule has 1 N–H and O–H groups in total. The van der Waals surface area contributed by atoms with Crippen LogP contribution in [-0.2, 0) is 6.54 Å². The van der Waals surface area contributed by atoms with Gasteiger partial charge < -0.3 is 0 Å². The first-order valence-electron chi connectivity index (χ1n) is 7.40. The van der Waals surface area contributed by atoms with Gasteiger partial charge in [0.25, 0.3) is 0 Å². The highest BCUT2D eigenvalue weighted by molar-refractivity contribution is 7.99. The largest absolute Gasteiger partial charge is 0.297 e. The van der Waals surface area contributed by atoms with E-state index in [1.807, 2.05) is 30.3 Å². The lowest BCUT2D eigenvalue weighted by Gasteiger charge is -2.26. The summed E-state index contributed by atoms with van der Waals surface area (Å²) >= 11 is 3.61. The second-order valence-electron chi connectivity index (χ2n) is 5.30. The summed E-state index contributed by atoms with van der Waals surface area (Å²) in [7, 11) is 0. The van der Waals surface area contributed by atoms with Crippen LogP contribution in [0, 0.1) is 6.92 Å². The number of nitrogens with one attached hydrogen (secondary N) is 1. The maximum Gasteiger partial charge on any atom is 0.203 e. The molecule has 1 aliphatic heterocycles. The molecule has 0 atom stereocenters. The molecule has 0 amide bonds. The first-order chi connectivity index (χ1) is 10.8. The summed E-state index contributed by atoms with van der Waals surface area (Å²) in [6.07, 6.45) is 1.85. The Balaban J connectivity index is 1.58. The molecule has 0 aliphatic carbocycles. The van der Waals surface area contributed by atoms with Crippen molar-refractivity contribution in [2.75, 3.05) is 30.0 Å². The van der Waals surface area contributed by atoms with E-state index in [9.17, 15) is 0 Å². The molecule has 3 rings (SSSR count). The van der Waals surface area contributed by atoms with Crippen LogP contribution in [0.1, 0.15) is 16.8 Å². The Kier molecular flexibility index (Phi) is 5.48. The zero-order chi connectivity index (χ0) is 15.2. The molecular weight excluding hydrogens is 312 g/mol. The van der Waals surface area contributed by atoms with Crippen LogP contribution >= 0.6 is 23.1 Å². The van der Waals surface area contributed by atoms with E-state index in [2.05, 4.69) is 44.7 Å². The topological polar surface area (TPSA) is 40.5 Å². The summed E-state index contributed by atoms with van der Waals surface area (Å²) < 4.78 is 0. The highest BCUT2D eigenvalue weighted by atomic mass is 32.2. The van der Waals surface area contributed by atoms with Crippen LogP contribution in [0.25, 0.3) is 0 Å². The van der Waals surface area contributed by atoms with Crippen molar-refractivity contribution in [1.29, 1.82) is 0 Å². The SMILES string of the molecule is Cc1csc(NN=Cc2cccc(CN3CCSCC3)c2)n1. The van der Waals surface area contributed by atoms with Crippen molar-refractivity contribution in [3.05, 3.63) is 46.5 Å². The van der Waals surface area contributed by atoms with Crippen LogP contribution in [0.3, 0.4) is 0 Å². The van der Waals surface area contributed by atoms with Crippen molar-refractivity contribution in [3.8, 4) is 0 Å². The molecule has 116 valence electrons. The maximum absolute atomic E-state index is 4.32. The van der Waals surface area contributed by atoms with Gasteiger partial charge in [-0.3, -0.25) is 10.3 Å². The van der Waals surface area contributed by atoms with Crippen LogP contribution in [0.2, 0.25) is 0 Å². The van der Waals surface area contributed by atoms with Gasteiger partial charge in [0.15, 0.2) is 0 Å². The Morgan fingerprint density at radius 1 is 1.36 bits per heavy atom. The number of hydrazone groups is 1. The number of hydrogen-bond donors (Lipinski definition) is 1. The molecule has 1 aliphatic rings. The minimum atomic E-state index is 0.829. The lowest BCUT2D eigenvalue weighted by atomic mass is 10.1. The van der Waals surface area contributed by atoms with E-state index in [0.29, 0.717) is 0 Å². The molecule has 1 fully saturated rings. The fraction of sp³-hybridized carbons (Fsp3) is 0.375. The number of anilines is 1. The van der Waals surface area contributed by atoms with Crippen molar-refractivity contribution >= 4 is 34.4 Å². The van der Waals surface area contributed by atoms with Gasteiger partial charge in [0, 0.05) is 36.5 Å². The Bertz CT molecular complexity index is 633. The van der Waals surface area contributed by atoms with Crippen molar-refractivity contribution in [3.63, 3.8) is 0 Å². The average Bonchev–Trinajstić information content (AvgIpc) is 2.94. The van der Waals surface area contributed by atoms with E-state index >= 15 is 0 Å². The predicted molar refractivity (Wildman–Crippen MR) is 97.1 cm³/mol. The van der Waals surface area contributed by atoms with Crippen LogP contribution < -0.4 is 5.43 Å². The first-order valence-corrected chi connectivity index (χ1v) is 9.43. The van der Waals surface area contributed by atoms with Gasteiger partial charge in [-0.2, -0.15) is 16.9 Å². The summed E-state index contributed by atoms with van der Waals surface area (Å²) in [6.45, 7) is 5.39. The summed E-state index contributed by atoms with van der Waals surface area (Å²) in [5.41, 5.74) is 6.46. The number of benzene rings is 1. The third kappa shape index (κ3) is 4.56. The normalized spacial score (nSPS) is 16.2. The van der Waals surface area contributed by atoms with E-state index in [1.54, 1.807) is 11.3 Å².